The molecule has 3 rings (SSSR count). The summed E-state index contributed by atoms with van der Waals surface area (Å²) in [5.74, 6) is 0.577. The summed E-state index contributed by atoms with van der Waals surface area (Å²) < 4.78 is 7.20. The molecule has 0 spiro atoms. The lowest BCUT2D eigenvalue weighted by molar-refractivity contribution is 0.112. The Morgan fingerprint density at radius 1 is 1.35 bits per heavy atom. The monoisotopic (exact) mass is 307 g/mol. The molecule has 0 atom stereocenters. The van der Waals surface area contributed by atoms with Gasteiger partial charge >= 0.3 is 0 Å². The molecule has 0 aliphatic carbocycles. The first kappa shape index (κ1) is 15.2. The van der Waals surface area contributed by atoms with Gasteiger partial charge in [-0.1, -0.05) is 18.1 Å². The minimum Gasteiger partial charge on any atom is -0.496 e. The zero-order valence-electron chi connectivity index (χ0n) is 13.8. The Labute approximate surface area is 136 Å². The van der Waals surface area contributed by atoms with Gasteiger partial charge in [0, 0.05) is 31.4 Å². The van der Waals surface area contributed by atoms with Crippen molar-refractivity contribution in [3.05, 3.63) is 53.5 Å². The second kappa shape index (κ2) is 5.46. The lowest BCUT2D eigenvalue weighted by atomic mass is 9.85. The van der Waals surface area contributed by atoms with Gasteiger partial charge in [0.15, 0.2) is 6.29 Å². The van der Waals surface area contributed by atoms with E-state index in [9.17, 15) is 4.79 Å². The molecule has 1 aliphatic heterocycles. The maximum Gasteiger partial charge on any atom is 0.153 e. The number of methoxy groups -OCH3 is 1. The van der Waals surface area contributed by atoms with Crippen molar-refractivity contribution in [2.45, 2.75) is 0 Å². The maximum absolute atomic E-state index is 11.3. The van der Waals surface area contributed by atoms with Crippen LogP contribution in [0.3, 0.4) is 0 Å². The first-order valence-electron chi connectivity index (χ1n) is 7.28. The van der Waals surface area contributed by atoms with Gasteiger partial charge in [-0.05, 0) is 11.6 Å². The van der Waals surface area contributed by atoms with Crippen molar-refractivity contribution in [3.8, 4) is 5.75 Å². The summed E-state index contributed by atoms with van der Waals surface area (Å²) in [6.07, 6.45) is 4.70. The van der Waals surface area contributed by atoms with Crippen LogP contribution in [0.1, 0.15) is 27.2 Å². The summed E-state index contributed by atoms with van der Waals surface area (Å²) in [5, 5.41) is 4.36. The largest absolute Gasteiger partial charge is 0.496 e. The van der Waals surface area contributed by atoms with Gasteiger partial charge in [0.25, 0.3) is 0 Å². The van der Waals surface area contributed by atoms with E-state index in [4.69, 9.17) is 4.74 Å². The van der Waals surface area contributed by atoms with E-state index in [0.29, 0.717) is 11.3 Å². The first-order valence-corrected chi connectivity index (χ1v) is 7.28. The van der Waals surface area contributed by atoms with E-state index in [-0.39, 0.29) is 0 Å². The highest BCUT2D eigenvalue weighted by Gasteiger charge is 2.24. The summed E-state index contributed by atoms with van der Waals surface area (Å²) in [4.78, 5) is 13.2. The number of ether oxygens (including phenoxy) is 1. The molecule has 2 heterocycles. The molecule has 0 radical (unpaired) electrons. The smallest absolute Gasteiger partial charge is 0.153 e. The van der Waals surface area contributed by atoms with Crippen molar-refractivity contribution < 1.29 is 9.53 Å². The number of fused-ring (bicyclic) bond motifs is 1. The highest BCUT2D eigenvalue weighted by molar-refractivity contribution is 6.36. The number of benzene rings is 1. The lowest BCUT2D eigenvalue weighted by Crippen LogP contribution is -2.19. The molecule has 5 nitrogen and oxygen atoms in total. The topological polar surface area (TPSA) is 47.4 Å². The molecule has 0 saturated heterocycles. The summed E-state index contributed by atoms with van der Waals surface area (Å²) in [5.41, 5.74) is 6.39. The normalized spacial score (nSPS) is 13.6. The van der Waals surface area contributed by atoms with Crippen LogP contribution >= 0.6 is 0 Å². The first-order chi connectivity index (χ1) is 11.0. The number of carbonyl (C=O) groups is 1. The maximum atomic E-state index is 11.3. The van der Waals surface area contributed by atoms with Crippen LogP contribution in [0.4, 0.5) is 0 Å². The number of hydrogen-bond acceptors (Lipinski definition) is 4. The zero-order chi connectivity index (χ0) is 16.7. The van der Waals surface area contributed by atoms with Crippen molar-refractivity contribution in [1.82, 2.24) is 14.7 Å². The third-order valence-corrected chi connectivity index (χ3v) is 4.25. The molecule has 1 aromatic carbocycles. The van der Waals surface area contributed by atoms with Gasteiger partial charge in [-0.15, -0.1) is 0 Å². The van der Waals surface area contributed by atoms with Crippen LogP contribution < -0.4 is 10.2 Å². The molecule has 1 aromatic heterocycles. The van der Waals surface area contributed by atoms with Crippen LogP contribution in [0.2, 0.25) is 0 Å². The Balaban J connectivity index is 2.22. The summed E-state index contributed by atoms with van der Waals surface area (Å²) in [6, 6.07) is 3.89. The van der Waals surface area contributed by atoms with Gasteiger partial charge in [-0.3, -0.25) is 9.48 Å². The van der Waals surface area contributed by atoms with Crippen molar-refractivity contribution in [1.29, 1.82) is 0 Å². The molecule has 0 amide bonds. The van der Waals surface area contributed by atoms with Crippen LogP contribution in [0.25, 0.3) is 11.3 Å². The van der Waals surface area contributed by atoms with Crippen molar-refractivity contribution in [3.63, 3.8) is 0 Å². The number of aromatic nitrogens is 2. The Kier molecular flexibility index (Phi) is 3.60. The second-order valence-corrected chi connectivity index (χ2v) is 5.66. The van der Waals surface area contributed by atoms with E-state index in [2.05, 4.69) is 11.7 Å². The Hall–Kier alpha value is -2.76. The molecule has 116 valence electrons. The summed E-state index contributed by atoms with van der Waals surface area (Å²) >= 11 is 0. The van der Waals surface area contributed by atoms with E-state index < -0.39 is 0 Å². The van der Waals surface area contributed by atoms with Gasteiger partial charge in [0.2, 0.25) is 0 Å². The molecular formula is C17H18BN3O2. The minimum absolute atomic E-state index is 0.577. The number of aldehydes is 1. The van der Waals surface area contributed by atoms with Gasteiger partial charge in [-0.2, -0.15) is 5.10 Å². The Morgan fingerprint density at radius 3 is 2.74 bits per heavy atom. The SMILES string of the molecule is Bc1cc(C2=CN(C)C(=C)c3c2cnn3C)cc(OC)c1C=O. The highest BCUT2D eigenvalue weighted by atomic mass is 16.5. The Morgan fingerprint density at radius 2 is 2.09 bits per heavy atom. The molecule has 6 heteroatoms. The van der Waals surface area contributed by atoms with Crippen molar-refractivity contribution in [2.75, 3.05) is 14.2 Å². The van der Waals surface area contributed by atoms with Crippen molar-refractivity contribution >= 4 is 30.9 Å². The molecule has 0 fully saturated rings. The van der Waals surface area contributed by atoms with Gasteiger partial charge in [-0.25, -0.2) is 0 Å². The molecule has 0 N–H and O–H groups in total. The van der Waals surface area contributed by atoms with Crippen LogP contribution in [0.5, 0.6) is 5.75 Å². The van der Waals surface area contributed by atoms with Gasteiger partial charge in [0.1, 0.15) is 13.6 Å². The average molecular weight is 307 g/mol. The molecule has 0 unspecified atom stereocenters. The zero-order valence-corrected chi connectivity index (χ0v) is 13.8. The van der Waals surface area contributed by atoms with E-state index in [1.165, 1.54) is 0 Å². The molecule has 2 aromatic rings. The molecular weight excluding hydrogens is 289 g/mol. The van der Waals surface area contributed by atoms with Crippen molar-refractivity contribution in [2.24, 2.45) is 7.05 Å². The van der Waals surface area contributed by atoms with E-state index in [0.717, 1.165) is 39.8 Å². The van der Waals surface area contributed by atoms with Crippen LogP contribution in [-0.4, -0.2) is 43.0 Å². The third kappa shape index (κ3) is 2.27. The number of nitrogens with zero attached hydrogens (tertiary/aromatic N) is 3. The number of hydrogen-bond donors (Lipinski definition) is 0. The Bertz CT molecular complexity index is 852. The molecule has 0 bridgehead atoms. The fourth-order valence-corrected chi connectivity index (χ4v) is 2.96. The fourth-order valence-electron chi connectivity index (χ4n) is 2.96. The quantitative estimate of drug-likeness (QED) is 0.622. The van der Waals surface area contributed by atoms with Crippen LogP contribution in [0, 0.1) is 0 Å². The lowest BCUT2D eigenvalue weighted by Gasteiger charge is -2.26. The van der Waals surface area contributed by atoms with Crippen LogP contribution in [0.15, 0.2) is 31.1 Å². The highest BCUT2D eigenvalue weighted by Crippen LogP contribution is 2.36. The number of carbonyl (C=O) groups excluding carboxylic acids is 1. The number of rotatable bonds is 3. The van der Waals surface area contributed by atoms with E-state index in [1.54, 1.807) is 7.11 Å². The predicted octanol–water partition coefficient (Wildman–Crippen LogP) is 0.805. The summed E-state index contributed by atoms with van der Waals surface area (Å²) in [7, 11) is 7.35. The van der Waals surface area contributed by atoms with E-state index in [1.807, 2.05) is 56.1 Å². The van der Waals surface area contributed by atoms with Gasteiger partial charge in [0.05, 0.1) is 30.3 Å². The molecule has 23 heavy (non-hydrogen) atoms. The molecule has 1 aliphatic rings. The predicted molar refractivity (Wildman–Crippen MR) is 93.6 cm³/mol. The average Bonchev–Trinajstić information content (AvgIpc) is 2.92. The van der Waals surface area contributed by atoms with Crippen LogP contribution in [-0.2, 0) is 7.05 Å². The third-order valence-electron chi connectivity index (χ3n) is 4.25. The second-order valence-electron chi connectivity index (χ2n) is 5.66. The molecule has 0 saturated carbocycles. The van der Waals surface area contributed by atoms with Gasteiger partial charge < -0.3 is 9.64 Å². The standard InChI is InChI=1S/C17H18BN3O2/c1-10-17-12(7-19-21(17)3)13(8-20(10)2)11-5-15(18)14(9-22)16(6-11)23-4/h5-9H,1,18H2,2-4H3. The number of aryl methyl sites for hydroxylation is 1. The fraction of sp³-hybridized carbons (Fsp3) is 0.176. The minimum atomic E-state index is 0.577. The summed E-state index contributed by atoms with van der Waals surface area (Å²) in [6.45, 7) is 4.13. The van der Waals surface area contributed by atoms with E-state index >= 15 is 0 Å².